The van der Waals surface area contributed by atoms with E-state index in [-0.39, 0.29) is 5.91 Å². The second-order valence-electron chi connectivity index (χ2n) is 2.75. The Hall–Kier alpha value is -1.60. The van der Waals surface area contributed by atoms with Gasteiger partial charge in [0.15, 0.2) is 0 Å². The van der Waals surface area contributed by atoms with Crippen molar-refractivity contribution in [3.05, 3.63) is 28.5 Å². The number of hydrogen-bond acceptors (Lipinski definition) is 3. The van der Waals surface area contributed by atoms with Gasteiger partial charge in [0.05, 0.1) is 6.07 Å². The van der Waals surface area contributed by atoms with Gasteiger partial charge < -0.3 is 5.32 Å². The Morgan fingerprint density at radius 1 is 1.79 bits per heavy atom. The Bertz CT molecular complexity index is 362. The summed E-state index contributed by atoms with van der Waals surface area (Å²) in [4.78, 5) is 11.2. The second kappa shape index (κ2) is 5.20. The number of carbonyl (C=O) groups excluding carboxylic acids is 1. The largest absolute Gasteiger partial charge is 0.337 e. The van der Waals surface area contributed by atoms with E-state index in [1.165, 1.54) is 6.08 Å². The van der Waals surface area contributed by atoms with Gasteiger partial charge >= 0.3 is 0 Å². The lowest BCUT2D eigenvalue weighted by atomic mass is 10.3. The average Bonchev–Trinajstić information content (AvgIpc) is 2.67. The highest BCUT2D eigenvalue weighted by Gasteiger charge is 2.00. The van der Waals surface area contributed by atoms with Crippen LogP contribution in [0.2, 0.25) is 0 Å². The molecule has 4 heteroatoms. The molecule has 0 saturated heterocycles. The molecule has 1 amide bonds. The lowest BCUT2D eigenvalue weighted by Crippen LogP contribution is -2.29. The molecule has 0 bridgehead atoms. The molecule has 0 saturated carbocycles. The smallest absolute Gasteiger partial charge is 0.245 e. The minimum atomic E-state index is -0.449. The van der Waals surface area contributed by atoms with Gasteiger partial charge in [0.25, 0.3) is 0 Å². The van der Waals surface area contributed by atoms with E-state index >= 15 is 0 Å². The van der Waals surface area contributed by atoms with Crippen molar-refractivity contribution in [3.63, 3.8) is 0 Å². The fourth-order valence-electron chi connectivity index (χ4n) is 0.836. The van der Waals surface area contributed by atoms with Crippen molar-refractivity contribution in [1.29, 1.82) is 5.26 Å². The molecular weight excluding hydrogens is 196 g/mol. The summed E-state index contributed by atoms with van der Waals surface area (Å²) in [5.74, 6) is -0.245. The molecule has 0 aromatic carbocycles. The van der Waals surface area contributed by atoms with E-state index in [4.69, 9.17) is 5.26 Å². The molecular formula is C10H10N2OS. The van der Waals surface area contributed by atoms with E-state index in [1.54, 1.807) is 24.3 Å². The summed E-state index contributed by atoms with van der Waals surface area (Å²) in [5.41, 5.74) is 0.995. The molecule has 1 aromatic rings. The van der Waals surface area contributed by atoms with Crippen LogP contribution in [0.5, 0.6) is 0 Å². The molecule has 1 N–H and O–H groups in total. The first-order chi connectivity index (χ1) is 6.72. The normalized spacial score (nSPS) is 12.3. The summed E-state index contributed by atoms with van der Waals surface area (Å²) < 4.78 is 0. The van der Waals surface area contributed by atoms with Crippen LogP contribution in [0.15, 0.2) is 22.9 Å². The predicted molar refractivity (Wildman–Crippen MR) is 56.6 cm³/mol. The molecule has 0 aliphatic carbocycles. The van der Waals surface area contributed by atoms with E-state index < -0.39 is 6.04 Å². The number of carbonyl (C=O) groups is 1. The molecule has 1 heterocycles. The first kappa shape index (κ1) is 10.5. The van der Waals surface area contributed by atoms with E-state index in [0.717, 1.165) is 5.56 Å². The van der Waals surface area contributed by atoms with Crippen molar-refractivity contribution in [2.75, 3.05) is 0 Å². The van der Waals surface area contributed by atoms with Crippen molar-refractivity contribution < 1.29 is 4.79 Å². The summed E-state index contributed by atoms with van der Waals surface area (Å²) >= 11 is 1.57. The third-order valence-corrected chi connectivity index (χ3v) is 2.22. The summed E-state index contributed by atoms with van der Waals surface area (Å²) in [6.45, 7) is 1.64. The summed E-state index contributed by atoms with van der Waals surface area (Å²) in [7, 11) is 0. The molecule has 1 atom stereocenters. The van der Waals surface area contributed by atoms with Crippen LogP contribution in [0.1, 0.15) is 12.5 Å². The Morgan fingerprint density at radius 3 is 3.14 bits per heavy atom. The van der Waals surface area contributed by atoms with Crippen LogP contribution >= 0.6 is 11.3 Å². The number of thiophene rings is 1. The van der Waals surface area contributed by atoms with Crippen molar-refractivity contribution >= 4 is 23.3 Å². The lowest BCUT2D eigenvalue weighted by Gasteiger charge is -2.01. The molecule has 0 radical (unpaired) electrons. The molecule has 1 rings (SSSR count). The highest BCUT2D eigenvalue weighted by Crippen LogP contribution is 2.07. The Kier molecular flexibility index (Phi) is 3.89. The molecule has 0 aliphatic rings. The number of hydrogen-bond donors (Lipinski definition) is 1. The van der Waals surface area contributed by atoms with Gasteiger partial charge in [0.2, 0.25) is 5.91 Å². The van der Waals surface area contributed by atoms with Crippen LogP contribution in [-0.4, -0.2) is 11.9 Å². The molecule has 14 heavy (non-hydrogen) atoms. The fourth-order valence-corrected chi connectivity index (χ4v) is 1.46. The molecule has 72 valence electrons. The SMILES string of the molecule is CC(C#N)NC(=O)C=Cc1ccsc1. The number of amides is 1. The van der Waals surface area contributed by atoms with Crippen molar-refractivity contribution in [2.24, 2.45) is 0 Å². The van der Waals surface area contributed by atoms with Crippen LogP contribution in [0.3, 0.4) is 0 Å². The zero-order valence-electron chi connectivity index (χ0n) is 7.73. The number of nitriles is 1. The summed E-state index contributed by atoms with van der Waals surface area (Å²) in [6, 6.07) is 3.39. The Balaban J connectivity index is 2.46. The van der Waals surface area contributed by atoms with Crippen LogP contribution in [-0.2, 0) is 4.79 Å². The van der Waals surface area contributed by atoms with Crippen LogP contribution < -0.4 is 5.32 Å². The molecule has 0 fully saturated rings. The molecule has 3 nitrogen and oxygen atoms in total. The third-order valence-electron chi connectivity index (χ3n) is 1.52. The average molecular weight is 206 g/mol. The zero-order valence-corrected chi connectivity index (χ0v) is 8.54. The molecule has 0 aliphatic heterocycles. The third kappa shape index (κ3) is 3.42. The summed E-state index contributed by atoms with van der Waals surface area (Å²) in [5, 5.41) is 14.8. The number of rotatable bonds is 3. The van der Waals surface area contributed by atoms with Gasteiger partial charge in [-0.15, -0.1) is 0 Å². The fraction of sp³-hybridized carbons (Fsp3) is 0.200. The molecule has 1 unspecified atom stereocenters. The number of nitrogens with one attached hydrogen (secondary N) is 1. The Morgan fingerprint density at radius 2 is 2.57 bits per heavy atom. The van der Waals surface area contributed by atoms with Gasteiger partial charge in [-0.3, -0.25) is 4.79 Å². The maximum absolute atomic E-state index is 11.2. The van der Waals surface area contributed by atoms with Gasteiger partial charge in [-0.25, -0.2) is 0 Å². The quantitative estimate of drug-likeness (QED) is 0.766. The molecule has 1 aromatic heterocycles. The van der Waals surface area contributed by atoms with Crippen LogP contribution in [0.4, 0.5) is 0 Å². The lowest BCUT2D eigenvalue weighted by molar-refractivity contribution is -0.116. The van der Waals surface area contributed by atoms with Crippen molar-refractivity contribution in [3.8, 4) is 6.07 Å². The molecule has 0 spiro atoms. The standard InChI is InChI=1S/C10H10N2OS/c1-8(6-11)12-10(13)3-2-9-4-5-14-7-9/h2-5,7-8H,1H3,(H,12,13). The monoisotopic (exact) mass is 206 g/mol. The minimum Gasteiger partial charge on any atom is -0.337 e. The van der Waals surface area contributed by atoms with E-state index in [1.807, 2.05) is 22.9 Å². The number of nitrogens with zero attached hydrogens (tertiary/aromatic N) is 1. The van der Waals surface area contributed by atoms with E-state index in [0.29, 0.717) is 0 Å². The van der Waals surface area contributed by atoms with Gasteiger partial charge in [0, 0.05) is 6.08 Å². The van der Waals surface area contributed by atoms with Gasteiger partial charge in [-0.05, 0) is 35.4 Å². The van der Waals surface area contributed by atoms with E-state index in [9.17, 15) is 4.79 Å². The highest BCUT2D eigenvalue weighted by molar-refractivity contribution is 7.08. The predicted octanol–water partition coefficient (Wildman–Crippen LogP) is 1.79. The summed E-state index contributed by atoms with van der Waals surface area (Å²) in [6.07, 6.45) is 3.14. The zero-order chi connectivity index (χ0) is 10.4. The van der Waals surface area contributed by atoms with Crippen molar-refractivity contribution in [2.45, 2.75) is 13.0 Å². The van der Waals surface area contributed by atoms with Gasteiger partial charge in [-0.1, -0.05) is 0 Å². The maximum atomic E-state index is 11.2. The first-order valence-corrected chi connectivity index (χ1v) is 5.07. The maximum Gasteiger partial charge on any atom is 0.245 e. The van der Waals surface area contributed by atoms with Gasteiger partial charge in [0.1, 0.15) is 6.04 Å². The minimum absolute atomic E-state index is 0.245. The van der Waals surface area contributed by atoms with Crippen molar-refractivity contribution in [1.82, 2.24) is 5.32 Å². The van der Waals surface area contributed by atoms with Crippen LogP contribution in [0.25, 0.3) is 6.08 Å². The van der Waals surface area contributed by atoms with Gasteiger partial charge in [-0.2, -0.15) is 16.6 Å². The highest BCUT2D eigenvalue weighted by atomic mass is 32.1. The Labute approximate surface area is 86.7 Å². The van der Waals surface area contributed by atoms with Crippen LogP contribution in [0, 0.1) is 11.3 Å². The topological polar surface area (TPSA) is 52.9 Å². The second-order valence-corrected chi connectivity index (χ2v) is 3.53. The first-order valence-electron chi connectivity index (χ1n) is 4.13. The van der Waals surface area contributed by atoms with E-state index in [2.05, 4.69) is 5.32 Å².